The second-order valence-corrected chi connectivity index (χ2v) is 8.47. The minimum atomic E-state index is -0.675. The molecule has 2 aliphatic rings. The van der Waals surface area contributed by atoms with Crippen molar-refractivity contribution in [2.45, 2.75) is 6.04 Å². The lowest BCUT2D eigenvalue weighted by molar-refractivity contribution is 0.0314. The maximum atomic E-state index is 13.8. The van der Waals surface area contributed by atoms with Gasteiger partial charge >= 0.3 is 0 Å². The number of morpholine rings is 1. The molecule has 5 rings (SSSR count). The SMILES string of the molecule is COc1ccc2c(=O)c3c(oc2c1)C(=O)N(CCN1CCOCC1)[C@@H]3c1cccc(OC)c1OC. The molecule has 3 aromatic rings. The van der Waals surface area contributed by atoms with E-state index in [0.717, 1.165) is 13.1 Å². The lowest BCUT2D eigenvalue weighted by Crippen LogP contribution is -2.42. The third kappa shape index (κ3) is 4.00. The van der Waals surface area contributed by atoms with E-state index < -0.39 is 6.04 Å². The summed E-state index contributed by atoms with van der Waals surface area (Å²) in [6.45, 7) is 3.97. The summed E-state index contributed by atoms with van der Waals surface area (Å²) < 4.78 is 28.0. The Bertz CT molecular complexity index is 1310. The molecule has 1 atom stereocenters. The van der Waals surface area contributed by atoms with E-state index in [4.69, 9.17) is 23.4 Å². The molecular weight excluding hydrogens is 452 g/mol. The van der Waals surface area contributed by atoms with E-state index in [1.807, 2.05) is 12.1 Å². The maximum absolute atomic E-state index is 13.8. The zero-order chi connectivity index (χ0) is 24.5. The number of ether oxygens (including phenoxy) is 4. The first-order valence-corrected chi connectivity index (χ1v) is 11.5. The van der Waals surface area contributed by atoms with Crippen LogP contribution < -0.4 is 19.6 Å². The van der Waals surface area contributed by atoms with Crippen LogP contribution in [0, 0.1) is 0 Å². The van der Waals surface area contributed by atoms with Gasteiger partial charge in [-0.15, -0.1) is 0 Å². The van der Waals surface area contributed by atoms with Crippen LogP contribution >= 0.6 is 0 Å². The Morgan fingerprint density at radius 2 is 1.77 bits per heavy atom. The van der Waals surface area contributed by atoms with Gasteiger partial charge in [0.25, 0.3) is 5.91 Å². The first-order valence-electron chi connectivity index (χ1n) is 11.5. The van der Waals surface area contributed by atoms with Crippen LogP contribution in [0.1, 0.15) is 27.7 Å². The molecule has 0 aliphatic carbocycles. The molecule has 184 valence electrons. The van der Waals surface area contributed by atoms with Crippen LogP contribution in [0.15, 0.2) is 45.6 Å². The molecule has 0 bridgehead atoms. The number of methoxy groups -OCH3 is 3. The van der Waals surface area contributed by atoms with E-state index in [1.54, 1.807) is 43.4 Å². The van der Waals surface area contributed by atoms with Crippen LogP contribution in [-0.4, -0.2) is 76.4 Å². The number of hydrogen-bond acceptors (Lipinski definition) is 8. The van der Waals surface area contributed by atoms with Crippen molar-refractivity contribution in [3.8, 4) is 17.2 Å². The van der Waals surface area contributed by atoms with Crippen molar-refractivity contribution in [1.82, 2.24) is 9.80 Å². The first-order chi connectivity index (χ1) is 17.1. The van der Waals surface area contributed by atoms with Gasteiger partial charge in [0.1, 0.15) is 11.3 Å². The first kappa shape index (κ1) is 23.2. The summed E-state index contributed by atoms with van der Waals surface area (Å²) in [7, 11) is 4.64. The standard InChI is InChI=1S/C26H28N2O7/c1-31-16-7-8-17-20(15-16)35-25-21(23(17)29)22(18-5-4-6-19(32-2)24(18)33-3)28(26(25)30)10-9-27-11-13-34-14-12-27/h4-8,15,22H,9-14H2,1-3H3/t22-/m1/s1. The molecule has 2 aliphatic heterocycles. The summed E-state index contributed by atoms with van der Waals surface area (Å²) >= 11 is 0. The molecular formula is C26H28N2O7. The van der Waals surface area contributed by atoms with Crippen molar-refractivity contribution in [2.75, 3.05) is 60.7 Å². The van der Waals surface area contributed by atoms with Gasteiger partial charge in [0.15, 0.2) is 16.9 Å². The van der Waals surface area contributed by atoms with Crippen LogP contribution in [0.3, 0.4) is 0 Å². The highest BCUT2D eigenvalue weighted by Crippen LogP contribution is 2.44. The molecule has 1 saturated heterocycles. The third-order valence-corrected chi connectivity index (χ3v) is 6.66. The smallest absolute Gasteiger partial charge is 0.290 e. The Morgan fingerprint density at radius 3 is 2.49 bits per heavy atom. The topological polar surface area (TPSA) is 90.7 Å². The number of para-hydroxylation sites is 1. The predicted molar refractivity (Wildman–Crippen MR) is 129 cm³/mol. The minimum Gasteiger partial charge on any atom is -0.497 e. The van der Waals surface area contributed by atoms with Crippen molar-refractivity contribution in [3.63, 3.8) is 0 Å². The largest absolute Gasteiger partial charge is 0.497 e. The Balaban J connectivity index is 1.66. The van der Waals surface area contributed by atoms with E-state index in [0.29, 0.717) is 65.6 Å². The van der Waals surface area contributed by atoms with Crippen LogP contribution in [0.4, 0.5) is 0 Å². The molecule has 1 aromatic heterocycles. The molecule has 0 radical (unpaired) electrons. The Hall–Kier alpha value is -3.56. The third-order valence-electron chi connectivity index (χ3n) is 6.66. The molecule has 0 spiro atoms. The van der Waals surface area contributed by atoms with Gasteiger partial charge in [-0.25, -0.2) is 0 Å². The molecule has 3 heterocycles. The fourth-order valence-electron chi connectivity index (χ4n) is 4.88. The molecule has 0 saturated carbocycles. The Labute approximate surface area is 202 Å². The van der Waals surface area contributed by atoms with Crippen molar-refractivity contribution >= 4 is 16.9 Å². The lowest BCUT2D eigenvalue weighted by Gasteiger charge is -2.31. The summed E-state index contributed by atoms with van der Waals surface area (Å²) in [6.07, 6.45) is 0. The monoisotopic (exact) mass is 480 g/mol. The predicted octanol–water partition coefficient (Wildman–Crippen LogP) is 2.70. The van der Waals surface area contributed by atoms with E-state index >= 15 is 0 Å². The van der Waals surface area contributed by atoms with Gasteiger partial charge < -0.3 is 28.3 Å². The number of benzene rings is 2. The van der Waals surface area contributed by atoms with Gasteiger partial charge in [0.2, 0.25) is 5.76 Å². The van der Waals surface area contributed by atoms with Crippen LogP contribution in [0.25, 0.3) is 11.0 Å². The van der Waals surface area contributed by atoms with Crippen LogP contribution in [-0.2, 0) is 4.74 Å². The van der Waals surface area contributed by atoms with E-state index in [1.165, 1.54) is 7.11 Å². The van der Waals surface area contributed by atoms with Gasteiger partial charge in [-0.05, 0) is 18.2 Å². The van der Waals surface area contributed by atoms with Crippen molar-refractivity contribution in [3.05, 3.63) is 63.5 Å². The van der Waals surface area contributed by atoms with Gasteiger partial charge in [-0.3, -0.25) is 14.5 Å². The van der Waals surface area contributed by atoms with Crippen LogP contribution in [0.2, 0.25) is 0 Å². The Kier molecular flexibility index (Phi) is 6.36. The van der Waals surface area contributed by atoms with E-state index in [9.17, 15) is 9.59 Å². The van der Waals surface area contributed by atoms with Gasteiger partial charge in [0.05, 0.1) is 51.5 Å². The number of hydrogen-bond donors (Lipinski definition) is 0. The number of rotatable bonds is 7. The van der Waals surface area contributed by atoms with Crippen LogP contribution in [0.5, 0.6) is 17.2 Å². The van der Waals surface area contributed by atoms with Gasteiger partial charge in [0, 0.05) is 37.8 Å². The second-order valence-electron chi connectivity index (χ2n) is 8.47. The number of carbonyl (C=O) groups is 1. The highest BCUT2D eigenvalue weighted by Gasteiger charge is 2.44. The van der Waals surface area contributed by atoms with Crippen molar-refractivity contribution < 1.29 is 28.2 Å². The summed E-state index contributed by atoms with van der Waals surface area (Å²) in [4.78, 5) is 31.4. The molecule has 2 aromatic carbocycles. The normalized spacial score (nSPS) is 18.1. The zero-order valence-corrected chi connectivity index (χ0v) is 20.0. The molecule has 9 nitrogen and oxygen atoms in total. The molecule has 1 amide bonds. The highest BCUT2D eigenvalue weighted by atomic mass is 16.5. The van der Waals surface area contributed by atoms with Gasteiger partial charge in [-0.1, -0.05) is 12.1 Å². The molecule has 9 heteroatoms. The second kappa shape index (κ2) is 9.59. The Morgan fingerprint density at radius 1 is 0.971 bits per heavy atom. The molecule has 0 unspecified atom stereocenters. The average Bonchev–Trinajstić information content (AvgIpc) is 3.18. The maximum Gasteiger partial charge on any atom is 0.290 e. The molecule has 35 heavy (non-hydrogen) atoms. The summed E-state index contributed by atoms with van der Waals surface area (Å²) in [5, 5.41) is 0.388. The van der Waals surface area contributed by atoms with E-state index in [-0.39, 0.29) is 17.1 Å². The van der Waals surface area contributed by atoms with E-state index in [2.05, 4.69) is 4.90 Å². The number of nitrogens with zero attached hydrogens (tertiary/aromatic N) is 2. The average molecular weight is 481 g/mol. The molecule has 0 N–H and O–H groups in total. The minimum absolute atomic E-state index is 0.0487. The number of fused-ring (bicyclic) bond motifs is 2. The fourth-order valence-corrected chi connectivity index (χ4v) is 4.88. The molecule has 1 fully saturated rings. The quantitative estimate of drug-likeness (QED) is 0.510. The zero-order valence-electron chi connectivity index (χ0n) is 20.0. The highest BCUT2D eigenvalue weighted by molar-refractivity contribution is 5.99. The van der Waals surface area contributed by atoms with Crippen molar-refractivity contribution in [2.24, 2.45) is 0 Å². The lowest BCUT2D eigenvalue weighted by atomic mass is 9.97. The number of amides is 1. The summed E-state index contributed by atoms with van der Waals surface area (Å²) in [5.41, 5.74) is 1.04. The number of carbonyl (C=O) groups excluding carboxylic acids is 1. The van der Waals surface area contributed by atoms with Gasteiger partial charge in [-0.2, -0.15) is 0 Å². The summed E-state index contributed by atoms with van der Waals surface area (Å²) in [6, 6.07) is 9.79. The summed E-state index contributed by atoms with van der Waals surface area (Å²) in [5.74, 6) is 1.26. The fraction of sp³-hybridized carbons (Fsp3) is 0.385. The van der Waals surface area contributed by atoms with Crippen molar-refractivity contribution in [1.29, 1.82) is 0 Å².